The number of aromatic nitrogens is 1. The fraction of sp³-hybridized carbons (Fsp3) is 0.265. The van der Waals surface area contributed by atoms with Gasteiger partial charge < -0.3 is 21.1 Å². The van der Waals surface area contributed by atoms with Gasteiger partial charge in [0.2, 0.25) is 5.91 Å². The molecular weight excluding hydrogens is 540 g/mol. The molecule has 1 heterocycles. The molecule has 1 aliphatic carbocycles. The molecule has 3 rings (SSSR count). The molecule has 0 saturated heterocycles. The first-order chi connectivity index (χ1) is 20.5. The number of nitriles is 1. The van der Waals surface area contributed by atoms with Crippen LogP contribution in [-0.2, 0) is 9.59 Å². The van der Waals surface area contributed by atoms with Crippen LogP contribution in [0.25, 0.3) is 11.1 Å². The Bertz CT molecular complexity index is 1570. The van der Waals surface area contributed by atoms with Gasteiger partial charge in [0.1, 0.15) is 11.9 Å². The third kappa shape index (κ3) is 9.76. The van der Waals surface area contributed by atoms with Crippen molar-refractivity contribution in [2.24, 2.45) is 10.9 Å². The number of carbonyl (C=O) groups is 2. The van der Waals surface area contributed by atoms with E-state index in [4.69, 9.17) is 0 Å². The lowest BCUT2D eigenvalue weighted by Gasteiger charge is -2.16. The molecule has 43 heavy (non-hydrogen) atoms. The molecule has 0 radical (unpaired) electrons. The molecule has 2 aromatic rings. The molecule has 1 unspecified atom stereocenters. The molecule has 1 aliphatic rings. The van der Waals surface area contributed by atoms with Crippen molar-refractivity contribution in [3.05, 3.63) is 101 Å². The number of anilines is 2. The van der Waals surface area contributed by atoms with Gasteiger partial charge in [-0.3, -0.25) is 14.6 Å². The fourth-order valence-electron chi connectivity index (χ4n) is 4.16. The van der Waals surface area contributed by atoms with Gasteiger partial charge in [-0.2, -0.15) is 5.26 Å². The van der Waals surface area contributed by atoms with Crippen LogP contribution in [0.3, 0.4) is 0 Å². The van der Waals surface area contributed by atoms with Gasteiger partial charge in [0, 0.05) is 48.4 Å². The largest absolute Gasteiger partial charge is 0.394 e. The van der Waals surface area contributed by atoms with Crippen LogP contribution in [0.4, 0.5) is 11.5 Å². The average molecular weight is 579 g/mol. The summed E-state index contributed by atoms with van der Waals surface area (Å²) in [5.74, 6) is 0.0500. The molecule has 0 spiro atoms. The summed E-state index contributed by atoms with van der Waals surface area (Å²) in [7, 11) is 1.54. The highest BCUT2D eigenvalue weighted by Gasteiger charge is 2.29. The number of pyridine rings is 1. The number of amides is 2. The molecule has 1 saturated carbocycles. The molecule has 9 nitrogen and oxygen atoms in total. The number of allylic oxidation sites excluding steroid dienone is 6. The number of aliphatic imine (C=N–C) groups is 1. The van der Waals surface area contributed by atoms with Crippen molar-refractivity contribution in [1.82, 2.24) is 10.3 Å². The molecule has 1 atom stereocenters. The van der Waals surface area contributed by atoms with E-state index in [-0.39, 0.29) is 35.6 Å². The monoisotopic (exact) mass is 578 g/mol. The molecular formula is C34H38N6O3. The van der Waals surface area contributed by atoms with Crippen LogP contribution in [0.2, 0.25) is 0 Å². The minimum absolute atomic E-state index is 0.0240. The Hall–Kier alpha value is -5.07. The molecule has 1 aromatic heterocycles. The minimum Gasteiger partial charge on any atom is -0.394 e. The Kier molecular flexibility index (Phi) is 11.5. The third-order valence-corrected chi connectivity index (χ3v) is 6.60. The zero-order valence-electron chi connectivity index (χ0n) is 25.1. The number of aliphatic hydroxyl groups excluding tert-OH is 1. The second kappa shape index (κ2) is 15.2. The van der Waals surface area contributed by atoms with Gasteiger partial charge in [-0.1, -0.05) is 19.2 Å². The zero-order valence-corrected chi connectivity index (χ0v) is 25.1. The van der Waals surface area contributed by atoms with Crippen molar-refractivity contribution < 1.29 is 14.7 Å². The number of hydrogen-bond acceptors (Lipinski definition) is 7. The van der Waals surface area contributed by atoms with Crippen LogP contribution in [0.5, 0.6) is 0 Å². The number of nitrogens with one attached hydrogen (secondary N) is 3. The lowest BCUT2D eigenvalue weighted by molar-refractivity contribution is -0.117. The average Bonchev–Trinajstić information content (AvgIpc) is 3.83. The quantitative estimate of drug-likeness (QED) is 0.109. The van der Waals surface area contributed by atoms with E-state index in [9.17, 15) is 20.0 Å². The summed E-state index contributed by atoms with van der Waals surface area (Å²) in [5, 5.41) is 27.8. The summed E-state index contributed by atoms with van der Waals surface area (Å²) in [6.45, 7) is 13.8. The van der Waals surface area contributed by atoms with E-state index in [1.54, 1.807) is 25.4 Å². The van der Waals surface area contributed by atoms with Gasteiger partial charge in [-0.15, -0.1) is 0 Å². The van der Waals surface area contributed by atoms with Gasteiger partial charge in [0.05, 0.1) is 12.2 Å². The first-order valence-corrected chi connectivity index (χ1v) is 13.9. The second-order valence-electron chi connectivity index (χ2n) is 10.5. The van der Waals surface area contributed by atoms with Crippen LogP contribution in [0.15, 0.2) is 89.8 Å². The predicted octanol–water partition coefficient (Wildman–Crippen LogP) is 5.35. The first kappa shape index (κ1) is 32.4. The maximum atomic E-state index is 12.9. The Morgan fingerprint density at radius 3 is 2.58 bits per heavy atom. The number of carbonyl (C=O) groups excluding carboxylic acids is 2. The number of hydrogen-bond donors (Lipinski definition) is 4. The Morgan fingerprint density at radius 2 is 1.93 bits per heavy atom. The van der Waals surface area contributed by atoms with Crippen molar-refractivity contribution >= 4 is 40.7 Å². The predicted molar refractivity (Wildman–Crippen MR) is 173 cm³/mol. The van der Waals surface area contributed by atoms with E-state index < -0.39 is 5.91 Å². The highest BCUT2D eigenvalue weighted by molar-refractivity contribution is 6.06. The third-order valence-electron chi connectivity index (χ3n) is 6.60. The first-order valence-electron chi connectivity index (χ1n) is 13.9. The zero-order chi connectivity index (χ0) is 31.5. The summed E-state index contributed by atoms with van der Waals surface area (Å²) >= 11 is 0. The molecule has 0 bridgehead atoms. The van der Waals surface area contributed by atoms with Crippen molar-refractivity contribution in [2.75, 3.05) is 24.3 Å². The van der Waals surface area contributed by atoms with E-state index in [1.165, 1.54) is 12.3 Å². The Balaban J connectivity index is 1.97. The minimum atomic E-state index is -0.454. The van der Waals surface area contributed by atoms with Crippen molar-refractivity contribution in [3.63, 3.8) is 0 Å². The number of nitrogens with zero attached hydrogens (tertiary/aromatic N) is 3. The molecule has 1 fully saturated rings. The molecule has 4 N–H and O–H groups in total. The highest BCUT2D eigenvalue weighted by Crippen LogP contribution is 2.31. The van der Waals surface area contributed by atoms with E-state index >= 15 is 0 Å². The van der Waals surface area contributed by atoms with E-state index in [2.05, 4.69) is 39.1 Å². The lowest BCUT2D eigenvalue weighted by atomic mass is 9.95. The van der Waals surface area contributed by atoms with Crippen LogP contribution in [0.1, 0.15) is 43.4 Å². The number of aliphatic hydroxyl groups is 1. The van der Waals surface area contributed by atoms with Gasteiger partial charge >= 0.3 is 0 Å². The summed E-state index contributed by atoms with van der Waals surface area (Å²) in [4.78, 5) is 33.2. The van der Waals surface area contributed by atoms with Crippen LogP contribution in [-0.4, -0.2) is 47.8 Å². The molecule has 222 valence electrons. The van der Waals surface area contributed by atoms with Crippen LogP contribution >= 0.6 is 0 Å². The van der Waals surface area contributed by atoms with Crippen molar-refractivity contribution in [2.45, 2.75) is 39.7 Å². The van der Waals surface area contributed by atoms with Crippen LogP contribution < -0.4 is 16.0 Å². The van der Waals surface area contributed by atoms with E-state index in [1.807, 2.05) is 57.2 Å². The number of rotatable bonds is 13. The highest BCUT2D eigenvalue weighted by atomic mass is 16.3. The van der Waals surface area contributed by atoms with Gasteiger partial charge in [-0.05, 0) is 104 Å². The smallest absolute Gasteiger partial charge is 0.255 e. The van der Waals surface area contributed by atoms with Crippen LogP contribution in [0, 0.1) is 24.2 Å². The van der Waals surface area contributed by atoms with Crippen molar-refractivity contribution in [1.29, 1.82) is 5.26 Å². The Morgan fingerprint density at radius 1 is 1.19 bits per heavy atom. The number of aryl methyl sites for hydroxylation is 1. The Labute approximate surface area is 253 Å². The topological polar surface area (TPSA) is 140 Å². The molecule has 0 aliphatic heterocycles. The standard InChI is InChI=1S/C34H38N6O3/c1-21-7-10-30(39-33(42)23(3)13-26(18-35)19-36-6)17-31(21)29(15-24(4)38-25(5)20-41)14-22(2)28-11-12-37-32(16-28)40-34(43)27-8-9-27/h7,10-17,19,25,27,38,41H,2-3,8-9,20H2,1,4-6H3,(H,39,42)(H,37,40,43)/b24-15+,26-13-,29-14+,36-19?. The summed E-state index contributed by atoms with van der Waals surface area (Å²) in [6, 6.07) is 11.0. The molecule has 9 heteroatoms. The molecule has 1 aromatic carbocycles. The fourth-order valence-corrected chi connectivity index (χ4v) is 4.16. The summed E-state index contributed by atoms with van der Waals surface area (Å²) in [6.07, 6.45) is 10.1. The summed E-state index contributed by atoms with van der Waals surface area (Å²) < 4.78 is 0. The van der Waals surface area contributed by atoms with E-state index in [0.717, 1.165) is 40.8 Å². The SMILES string of the molecule is C=C(/C=C(/C#N)C=NC)C(=O)Nc1ccc(C)c(C(/C=C(\C)NC(C)CO)=C/C(=C)c2ccnc(NC(=O)C3CC3)c2)c1. The maximum absolute atomic E-state index is 12.9. The van der Waals surface area contributed by atoms with Gasteiger partial charge in [-0.25, -0.2) is 4.98 Å². The number of benzene rings is 1. The second-order valence-corrected chi connectivity index (χ2v) is 10.5. The van der Waals surface area contributed by atoms with Gasteiger partial charge in [0.25, 0.3) is 5.91 Å². The summed E-state index contributed by atoms with van der Waals surface area (Å²) in [5.41, 5.74) is 5.76. The normalized spacial score (nSPS) is 14.6. The van der Waals surface area contributed by atoms with Gasteiger partial charge in [0.15, 0.2) is 0 Å². The molecule has 2 amide bonds. The van der Waals surface area contributed by atoms with Crippen molar-refractivity contribution in [3.8, 4) is 6.07 Å². The maximum Gasteiger partial charge on any atom is 0.255 e. The van der Waals surface area contributed by atoms with E-state index in [0.29, 0.717) is 17.1 Å². The lowest BCUT2D eigenvalue weighted by Crippen LogP contribution is -2.27.